The van der Waals surface area contributed by atoms with Crippen molar-refractivity contribution in [3.05, 3.63) is 44.4 Å². The molecule has 0 bridgehead atoms. The van der Waals surface area contributed by atoms with E-state index in [0.717, 1.165) is 13.1 Å². The van der Waals surface area contributed by atoms with Crippen LogP contribution in [0.4, 0.5) is 15.4 Å². The smallest absolute Gasteiger partial charge is 0.430 e. The first-order valence-electron chi connectivity index (χ1n) is 7.96. The van der Waals surface area contributed by atoms with E-state index in [-0.39, 0.29) is 32.2 Å². The van der Waals surface area contributed by atoms with Crippen LogP contribution in [0.5, 0.6) is 0 Å². The van der Waals surface area contributed by atoms with Gasteiger partial charge in [0.2, 0.25) is 6.29 Å². The molecule has 1 aromatic rings. The summed E-state index contributed by atoms with van der Waals surface area (Å²) in [5.74, 6) is 0.176. The largest absolute Gasteiger partial charge is 0.510 e. The van der Waals surface area contributed by atoms with Crippen molar-refractivity contribution in [2.45, 2.75) is 26.7 Å². The van der Waals surface area contributed by atoms with Crippen LogP contribution < -0.4 is 0 Å². The van der Waals surface area contributed by atoms with E-state index in [4.69, 9.17) is 9.47 Å². The molecular weight excluding hydrogens is 400 g/mol. The highest BCUT2D eigenvalue weighted by Gasteiger charge is 2.17. The van der Waals surface area contributed by atoms with Gasteiger partial charge < -0.3 is 29.1 Å². The summed E-state index contributed by atoms with van der Waals surface area (Å²) < 4.78 is 19.7. The van der Waals surface area contributed by atoms with E-state index in [1.165, 1.54) is 16.7 Å². The van der Waals surface area contributed by atoms with Crippen molar-refractivity contribution >= 4 is 18.1 Å². The first kappa shape index (κ1) is 23.1. The number of carbonyl (C=O) groups is 2. The number of aromatic nitrogens is 2. The highest BCUT2D eigenvalue weighted by molar-refractivity contribution is 5.60. The quantitative estimate of drug-likeness (QED) is 0.166. The summed E-state index contributed by atoms with van der Waals surface area (Å²) in [6, 6.07) is 0. The zero-order valence-corrected chi connectivity index (χ0v) is 15.4. The Morgan fingerprint density at radius 1 is 1.17 bits per heavy atom. The average molecular weight is 418 g/mol. The summed E-state index contributed by atoms with van der Waals surface area (Å²) in [7, 11) is 0. The molecule has 0 amide bonds. The maximum absolute atomic E-state index is 11.4. The van der Waals surface area contributed by atoms with Crippen LogP contribution in [-0.4, -0.2) is 58.0 Å². The highest BCUT2D eigenvalue weighted by atomic mass is 17.0. The summed E-state index contributed by atoms with van der Waals surface area (Å²) in [5.41, 5.74) is 0. The summed E-state index contributed by atoms with van der Waals surface area (Å²) >= 11 is 0. The molecule has 1 unspecified atom stereocenters. The molecule has 0 radical (unpaired) electrons. The minimum Gasteiger partial charge on any atom is -0.430 e. The molecule has 0 saturated heterocycles. The van der Waals surface area contributed by atoms with Crippen molar-refractivity contribution in [3.8, 4) is 0 Å². The second kappa shape index (κ2) is 11.7. The Morgan fingerprint density at radius 2 is 1.79 bits per heavy atom. The summed E-state index contributed by atoms with van der Waals surface area (Å²) in [5, 5.41) is 19.7. The van der Waals surface area contributed by atoms with Crippen molar-refractivity contribution in [3.63, 3.8) is 0 Å². The van der Waals surface area contributed by atoms with Crippen molar-refractivity contribution in [1.29, 1.82) is 0 Å². The number of imidazole rings is 1. The molecule has 15 nitrogen and oxygen atoms in total. The van der Waals surface area contributed by atoms with Crippen LogP contribution >= 0.6 is 0 Å². The van der Waals surface area contributed by atoms with E-state index >= 15 is 0 Å². The van der Waals surface area contributed by atoms with Gasteiger partial charge in [0.15, 0.2) is 5.82 Å². The molecule has 0 aliphatic rings. The Labute approximate surface area is 163 Å². The summed E-state index contributed by atoms with van der Waals surface area (Å²) in [6.07, 6.45) is 0.163. The standard InChI is InChI=1S/C14H18N4O11/c1-10-15-9-12(17(21)22)16(10)5-8-27-13(19)25-6-3-4-7-26-14(20)28-11(2)29-18(23)24/h3-4,9,11H,5-8H2,1-2H3. The maximum Gasteiger partial charge on any atom is 0.510 e. The number of rotatable bonds is 11. The first-order valence-corrected chi connectivity index (χ1v) is 7.96. The van der Waals surface area contributed by atoms with Gasteiger partial charge >= 0.3 is 18.1 Å². The zero-order valence-electron chi connectivity index (χ0n) is 15.4. The van der Waals surface area contributed by atoms with E-state index in [0.29, 0.717) is 5.82 Å². The molecule has 0 aliphatic carbocycles. The lowest BCUT2D eigenvalue weighted by Gasteiger charge is -2.09. The fraction of sp³-hybridized carbons (Fsp3) is 0.500. The van der Waals surface area contributed by atoms with Crippen LogP contribution in [0, 0.1) is 27.2 Å². The Balaban J connectivity index is 2.18. The Hall–Kier alpha value is -3.91. The molecule has 0 aliphatic heterocycles. The molecule has 0 spiro atoms. The van der Waals surface area contributed by atoms with Gasteiger partial charge in [-0.25, -0.2) is 19.1 Å². The minimum atomic E-state index is -1.42. The molecule has 1 atom stereocenters. The van der Waals surface area contributed by atoms with Gasteiger partial charge in [-0.1, -0.05) is 0 Å². The second-order valence-electron chi connectivity index (χ2n) is 5.03. The fourth-order valence-corrected chi connectivity index (χ4v) is 1.82. The van der Waals surface area contributed by atoms with Gasteiger partial charge in [-0.3, -0.25) is 4.84 Å². The lowest BCUT2D eigenvalue weighted by molar-refractivity contribution is -0.777. The lowest BCUT2D eigenvalue weighted by Crippen LogP contribution is -2.21. The van der Waals surface area contributed by atoms with Gasteiger partial charge in [-0.15, -0.1) is 10.1 Å². The SMILES string of the molecule is Cc1ncc([N+](=O)[O-])n1CCOC(=O)OCC=CCOC(=O)OC(C)O[N+](=O)[O-]. The second-order valence-corrected chi connectivity index (χ2v) is 5.03. The molecule has 1 aromatic heterocycles. The van der Waals surface area contributed by atoms with E-state index in [1.807, 2.05) is 0 Å². The summed E-state index contributed by atoms with van der Waals surface area (Å²) in [6.45, 7) is 2.13. The van der Waals surface area contributed by atoms with Crippen molar-refractivity contribution in [2.24, 2.45) is 0 Å². The molecule has 0 aromatic carbocycles. The van der Waals surface area contributed by atoms with Crippen molar-refractivity contribution in [2.75, 3.05) is 19.8 Å². The predicted octanol–water partition coefficient (Wildman–Crippen LogP) is 1.52. The number of hydrogen-bond acceptors (Lipinski definition) is 12. The third kappa shape index (κ3) is 9.03. The molecule has 0 saturated carbocycles. The van der Waals surface area contributed by atoms with Gasteiger partial charge in [-0.2, -0.15) is 0 Å². The highest BCUT2D eigenvalue weighted by Crippen LogP contribution is 2.13. The molecular formula is C14H18N4O11. The van der Waals surface area contributed by atoms with Gasteiger partial charge in [0, 0.05) is 6.92 Å². The van der Waals surface area contributed by atoms with E-state index in [2.05, 4.69) is 19.3 Å². The van der Waals surface area contributed by atoms with E-state index in [1.54, 1.807) is 6.92 Å². The van der Waals surface area contributed by atoms with Gasteiger partial charge in [0.05, 0.1) is 0 Å². The van der Waals surface area contributed by atoms with E-state index in [9.17, 15) is 29.8 Å². The third-order valence-electron chi connectivity index (χ3n) is 3.01. The Kier molecular flexibility index (Phi) is 9.36. The topological polar surface area (TPSA) is 184 Å². The van der Waals surface area contributed by atoms with Crippen molar-refractivity contribution in [1.82, 2.24) is 9.55 Å². The van der Waals surface area contributed by atoms with Gasteiger partial charge in [-0.05, 0) is 24.0 Å². The molecule has 1 rings (SSSR count). The first-order chi connectivity index (χ1) is 13.7. The number of nitrogens with zero attached hydrogens (tertiary/aromatic N) is 4. The molecule has 29 heavy (non-hydrogen) atoms. The number of carbonyl (C=O) groups excluding carboxylic acids is 2. The molecule has 1 heterocycles. The number of hydrogen-bond donors (Lipinski definition) is 0. The maximum atomic E-state index is 11.4. The van der Waals surface area contributed by atoms with Gasteiger partial charge in [0.25, 0.3) is 5.09 Å². The Morgan fingerprint density at radius 3 is 2.38 bits per heavy atom. The third-order valence-corrected chi connectivity index (χ3v) is 3.01. The zero-order chi connectivity index (χ0) is 21.8. The number of nitro groups is 1. The monoisotopic (exact) mass is 418 g/mol. The number of ether oxygens (including phenoxy) is 4. The van der Waals surface area contributed by atoms with Crippen LogP contribution in [0.2, 0.25) is 0 Å². The van der Waals surface area contributed by atoms with Crippen LogP contribution in [0.25, 0.3) is 0 Å². The van der Waals surface area contributed by atoms with Crippen LogP contribution in [0.3, 0.4) is 0 Å². The molecule has 15 heteroatoms. The average Bonchev–Trinajstić information content (AvgIpc) is 2.98. The van der Waals surface area contributed by atoms with Crippen LogP contribution in [-0.2, 0) is 30.3 Å². The van der Waals surface area contributed by atoms with Crippen LogP contribution in [0.15, 0.2) is 18.3 Å². The van der Waals surface area contributed by atoms with Crippen molar-refractivity contribution < 1.29 is 43.4 Å². The normalized spacial score (nSPS) is 11.5. The predicted molar refractivity (Wildman–Crippen MR) is 90.0 cm³/mol. The lowest BCUT2D eigenvalue weighted by atomic mass is 10.5. The Bertz CT molecular complexity index is 761. The fourth-order valence-electron chi connectivity index (χ4n) is 1.82. The molecule has 0 fully saturated rings. The number of aryl methyl sites for hydroxylation is 1. The molecule has 160 valence electrons. The van der Waals surface area contributed by atoms with E-state index < -0.39 is 28.6 Å². The summed E-state index contributed by atoms with van der Waals surface area (Å²) in [4.78, 5) is 50.6. The van der Waals surface area contributed by atoms with Gasteiger partial charge in [0.1, 0.15) is 32.6 Å². The molecule has 0 N–H and O–H groups in total. The van der Waals surface area contributed by atoms with Crippen LogP contribution in [0.1, 0.15) is 12.7 Å². The minimum absolute atomic E-state index is 0.0294.